The molecule has 0 heterocycles. The number of esters is 1. The molecule has 2 N–H and O–H groups in total. The molecule has 1 aromatic carbocycles. The second kappa shape index (κ2) is 7.11. The van der Waals surface area contributed by atoms with E-state index in [4.69, 9.17) is 4.74 Å². The number of benzene rings is 1. The molecule has 1 aromatic rings. The van der Waals surface area contributed by atoms with Crippen molar-refractivity contribution in [2.75, 3.05) is 0 Å². The SMILES string of the molecule is C[C@@H](NC(=O)CCc1ccccc1O)C(=O)OC(C)(C)C. The summed E-state index contributed by atoms with van der Waals surface area (Å²) in [4.78, 5) is 23.6. The summed E-state index contributed by atoms with van der Waals surface area (Å²) in [7, 11) is 0. The molecule has 0 saturated heterocycles. The zero-order chi connectivity index (χ0) is 16.0. The van der Waals surface area contributed by atoms with Crippen LogP contribution in [0.5, 0.6) is 5.75 Å². The maximum atomic E-state index is 11.8. The molecule has 0 aromatic heterocycles. The quantitative estimate of drug-likeness (QED) is 0.816. The first-order valence-electron chi connectivity index (χ1n) is 6.98. The Balaban J connectivity index is 2.43. The first-order valence-corrected chi connectivity index (χ1v) is 6.98. The van der Waals surface area contributed by atoms with Crippen LogP contribution in [0.2, 0.25) is 0 Å². The van der Waals surface area contributed by atoms with Gasteiger partial charge in [-0.2, -0.15) is 0 Å². The Labute approximate surface area is 125 Å². The van der Waals surface area contributed by atoms with Crippen LogP contribution in [-0.4, -0.2) is 28.6 Å². The lowest BCUT2D eigenvalue weighted by Gasteiger charge is -2.22. The Morgan fingerprint density at radius 3 is 2.48 bits per heavy atom. The predicted molar refractivity (Wildman–Crippen MR) is 79.9 cm³/mol. The highest BCUT2D eigenvalue weighted by Crippen LogP contribution is 2.17. The summed E-state index contributed by atoms with van der Waals surface area (Å²) in [5.41, 5.74) is 0.129. The maximum absolute atomic E-state index is 11.8. The van der Waals surface area contributed by atoms with E-state index in [0.29, 0.717) is 12.0 Å². The number of hydrogen-bond donors (Lipinski definition) is 2. The van der Waals surface area contributed by atoms with E-state index in [1.165, 1.54) is 0 Å². The number of para-hydroxylation sites is 1. The summed E-state index contributed by atoms with van der Waals surface area (Å²) in [6.07, 6.45) is 0.615. The molecule has 5 heteroatoms. The van der Waals surface area contributed by atoms with Gasteiger partial charge in [0, 0.05) is 6.42 Å². The number of phenols is 1. The molecule has 0 bridgehead atoms. The summed E-state index contributed by atoms with van der Waals surface area (Å²) >= 11 is 0. The van der Waals surface area contributed by atoms with Crippen molar-refractivity contribution in [1.29, 1.82) is 0 Å². The Morgan fingerprint density at radius 2 is 1.90 bits per heavy atom. The number of carbonyl (C=O) groups is 2. The van der Waals surface area contributed by atoms with E-state index >= 15 is 0 Å². The van der Waals surface area contributed by atoms with Crippen molar-refractivity contribution in [3.8, 4) is 5.75 Å². The van der Waals surface area contributed by atoms with E-state index in [-0.39, 0.29) is 18.1 Å². The largest absolute Gasteiger partial charge is 0.508 e. The van der Waals surface area contributed by atoms with Crippen molar-refractivity contribution in [1.82, 2.24) is 5.32 Å². The maximum Gasteiger partial charge on any atom is 0.328 e. The Bertz CT molecular complexity index is 505. The summed E-state index contributed by atoms with van der Waals surface area (Å²) < 4.78 is 5.19. The molecule has 1 amide bonds. The summed E-state index contributed by atoms with van der Waals surface area (Å²) in [6.45, 7) is 6.92. The van der Waals surface area contributed by atoms with Gasteiger partial charge in [0.25, 0.3) is 0 Å². The van der Waals surface area contributed by atoms with Crippen LogP contribution in [-0.2, 0) is 20.7 Å². The first kappa shape index (κ1) is 17.0. The average molecular weight is 293 g/mol. The fourth-order valence-corrected chi connectivity index (χ4v) is 1.73. The minimum absolute atomic E-state index is 0.172. The Kier molecular flexibility index (Phi) is 5.76. The van der Waals surface area contributed by atoms with Crippen LogP contribution in [0.25, 0.3) is 0 Å². The molecule has 0 fully saturated rings. The first-order chi connectivity index (χ1) is 9.69. The molecule has 0 radical (unpaired) electrons. The van der Waals surface area contributed by atoms with Crippen molar-refractivity contribution in [2.24, 2.45) is 0 Å². The van der Waals surface area contributed by atoms with Gasteiger partial charge in [0.1, 0.15) is 17.4 Å². The predicted octanol–water partition coefficient (Wildman–Crippen LogP) is 2.17. The highest BCUT2D eigenvalue weighted by atomic mass is 16.6. The fraction of sp³-hybridized carbons (Fsp3) is 0.500. The molecular weight excluding hydrogens is 270 g/mol. The number of ether oxygens (including phenoxy) is 1. The van der Waals surface area contributed by atoms with Crippen LogP contribution in [0.15, 0.2) is 24.3 Å². The number of aryl methyl sites for hydroxylation is 1. The summed E-state index contributed by atoms with van der Waals surface area (Å²) in [5.74, 6) is -0.541. The zero-order valence-corrected chi connectivity index (χ0v) is 13.0. The third-order valence-electron chi connectivity index (χ3n) is 2.75. The van der Waals surface area contributed by atoms with Gasteiger partial charge >= 0.3 is 5.97 Å². The van der Waals surface area contributed by atoms with Gasteiger partial charge < -0.3 is 15.2 Å². The van der Waals surface area contributed by atoms with Crippen LogP contribution in [0.3, 0.4) is 0 Å². The van der Waals surface area contributed by atoms with E-state index in [0.717, 1.165) is 0 Å². The lowest BCUT2D eigenvalue weighted by atomic mass is 10.1. The number of aromatic hydroxyl groups is 1. The zero-order valence-electron chi connectivity index (χ0n) is 13.0. The van der Waals surface area contributed by atoms with E-state index in [1.54, 1.807) is 52.0 Å². The molecule has 0 aliphatic rings. The van der Waals surface area contributed by atoms with Crippen LogP contribution in [0.1, 0.15) is 39.7 Å². The minimum atomic E-state index is -0.693. The van der Waals surface area contributed by atoms with Crippen molar-refractivity contribution in [3.05, 3.63) is 29.8 Å². The number of hydrogen-bond acceptors (Lipinski definition) is 4. The fourth-order valence-electron chi connectivity index (χ4n) is 1.73. The molecule has 0 aliphatic carbocycles. The third kappa shape index (κ3) is 6.29. The van der Waals surface area contributed by atoms with E-state index < -0.39 is 17.6 Å². The Morgan fingerprint density at radius 1 is 1.29 bits per heavy atom. The normalized spacial score (nSPS) is 12.6. The van der Waals surface area contributed by atoms with Gasteiger partial charge in [-0.1, -0.05) is 18.2 Å². The lowest BCUT2D eigenvalue weighted by Crippen LogP contribution is -2.42. The Hall–Kier alpha value is -2.04. The second-order valence-corrected chi connectivity index (χ2v) is 5.95. The van der Waals surface area contributed by atoms with Crippen molar-refractivity contribution in [2.45, 2.75) is 52.2 Å². The third-order valence-corrected chi connectivity index (χ3v) is 2.75. The van der Waals surface area contributed by atoms with Crippen molar-refractivity contribution in [3.63, 3.8) is 0 Å². The topological polar surface area (TPSA) is 75.6 Å². The molecule has 1 rings (SSSR count). The van der Waals surface area contributed by atoms with Gasteiger partial charge in [0.2, 0.25) is 5.91 Å². The highest BCUT2D eigenvalue weighted by Gasteiger charge is 2.22. The van der Waals surface area contributed by atoms with Gasteiger partial charge in [-0.25, -0.2) is 4.79 Å². The molecular formula is C16H23NO4. The number of nitrogens with one attached hydrogen (secondary N) is 1. The van der Waals surface area contributed by atoms with E-state index in [9.17, 15) is 14.7 Å². The van der Waals surface area contributed by atoms with Gasteiger partial charge in [0.05, 0.1) is 0 Å². The lowest BCUT2D eigenvalue weighted by molar-refractivity contribution is -0.158. The van der Waals surface area contributed by atoms with E-state index in [2.05, 4.69) is 5.32 Å². The van der Waals surface area contributed by atoms with Crippen molar-refractivity contribution >= 4 is 11.9 Å². The van der Waals surface area contributed by atoms with Crippen LogP contribution < -0.4 is 5.32 Å². The standard InChI is InChI=1S/C16H23NO4/c1-11(15(20)21-16(2,3)4)17-14(19)10-9-12-7-5-6-8-13(12)18/h5-8,11,18H,9-10H2,1-4H3,(H,17,19)/t11-/m1/s1. The number of carbonyl (C=O) groups excluding carboxylic acids is 2. The van der Waals surface area contributed by atoms with Crippen molar-refractivity contribution < 1.29 is 19.4 Å². The molecule has 5 nitrogen and oxygen atoms in total. The molecule has 116 valence electrons. The molecule has 1 atom stereocenters. The molecule has 0 aliphatic heterocycles. The van der Waals surface area contributed by atoms with Crippen LogP contribution >= 0.6 is 0 Å². The smallest absolute Gasteiger partial charge is 0.328 e. The number of rotatable bonds is 5. The average Bonchev–Trinajstić information content (AvgIpc) is 2.35. The number of amides is 1. The van der Waals surface area contributed by atoms with E-state index in [1.807, 2.05) is 0 Å². The van der Waals surface area contributed by atoms with Gasteiger partial charge in [-0.05, 0) is 45.7 Å². The summed E-state index contributed by atoms with van der Waals surface area (Å²) in [6, 6.07) is 6.18. The highest BCUT2D eigenvalue weighted by molar-refractivity contribution is 5.84. The second-order valence-electron chi connectivity index (χ2n) is 5.95. The molecule has 0 unspecified atom stereocenters. The monoisotopic (exact) mass is 293 g/mol. The molecule has 21 heavy (non-hydrogen) atoms. The summed E-state index contributed by atoms with van der Waals surface area (Å²) in [5, 5.41) is 12.2. The minimum Gasteiger partial charge on any atom is -0.508 e. The molecule has 0 saturated carbocycles. The van der Waals surface area contributed by atoms with Gasteiger partial charge in [-0.15, -0.1) is 0 Å². The number of phenolic OH excluding ortho intramolecular Hbond substituents is 1. The van der Waals surface area contributed by atoms with Crippen LogP contribution in [0.4, 0.5) is 0 Å². The van der Waals surface area contributed by atoms with Gasteiger partial charge in [0.15, 0.2) is 0 Å². The van der Waals surface area contributed by atoms with Crippen LogP contribution in [0, 0.1) is 0 Å². The molecule has 0 spiro atoms. The van der Waals surface area contributed by atoms with Gasteiger partial charge in [-0.3, -0.25) is 4.79 Å².